The molecule has 4 aromatic rings. The zero-order valence-electron chi connectivity index (χ0n) is 47.2. The molecule has 0 aliphatic carbocycles. The van der Waals surface area contributed by atoms with Gasteiger partial charge in [0, 0.05) is 68.3 Å². The molecule has 11 amide bonds. The van der Waals surface area contributed by atoms with Crippen LogP contribution in [-0.2, 0) is 72.0 Å². The van der Waals surface area contributed by atoms with E-state index in [1.165, 1.54) is 29.2 Å². The fraction of sp³-hybridized carbons (Fsp3) is 0.464. The number of hydrogen-bond acceptors (Lipinski definition) is 14. The van der Waals surface area contributed by atoms with E-state index in [2.05, 4.69) is 62.8 Å². The predicted molar refractivity (Wildman–Crippen MR) is 307 cm³/mol. The number of phenolic OH excluding ortho intramolecular Hbond substituents is 1. The summed E-state index contributed by atoms with van der Waals surface area (Å²) in [4.78, 5) is 160. The van der Waals surface area contributed by atoms with Gasteiger partial charge < -0.3 is 90.1 Å². The van der Waals surface area contributed by atoms with Gasteiger partial charge in [0.25, 0.3) is 0 Å². The van der Waals surface area contributed by atoms with Gasteiger partial charge in [0.2, 0.25) is 65.0 Å². The standard InChI is InChI=1S/C56H76N16O13/c1-30(2)21-39(50(80)67-38(9-5-18-61-56(58)59)55(85)72-20-6-10-44(72)54(84)63-27-45(57)75)66-47(77)28-64-48(78)40(22-31-11-13-34(74)14-12-31)68-53(83)43(29-73)71-52(82)42(24-33-26-62-36-8-4-3-7-35(33)36)70-51(81)41(23-32-17-19-60-25-32)69-49(79)37-15-16-46(76)65-37/h3-4,7-8,11-14,17,19,25-26,30,37-44,60,62,73-74H,5-6,9-10,15-16,18,20-24,27-29H2,1-2H3,(H2,57,75)(H,63,84)(H,64,78)(H,65,76)(H,66,77)(H,67,80)(H,68,83)(H,69,79)(H,70,81)(H,71,82)(H4,58,59,61)/t37-,38-,39-,40-,41+,42-,43-,44-/m0/s1. The maximum atomic E-state index is 14.5. The van der Waals surface area contributed by atoms with Gasteiger partial charge in [-0.1, -0.05) is 44.2 Å². The Kier molecular flexibility index (Phi) is 23.7. The van der Waals surface area contributed by atoms with E-state index in [1.807, 2.05) is 0 Å². The minimum atomic E-state index is -1.75. The number of hydrogen-bond donors (Lipinski definition) is 16. The third kappa shape index (κ3) is 19.5. The first-order valence-corrected chi connectivity index (χ1v) is 27.9. The van der Waals surface area contributed by atoms with E-state index in [1.54, 1.807) is 62.8 Å². The van der Waals surface area contributed by atoms with Crippen LogP contribution in [0.4, 0.5) is 0 Å². The average Bonchev–Trinajstić information content (AvgIpc) is 4.32. The van der Waals surface area contributed by atoms with Crippen molar-refractivity contribution in [1.29, 1.82) is 0 Å². The fourth-order valence-electron chi connectivity index (χ4n) is 9.90. The van der Waals surface area contributed by atoms with Crippen LogP contribution in [0.15, 0.2) is 78.2 Å². The zero-order valence-corrected chi connectivity index (χ0v) is 47.2. The van der Waals surface area contributed by atoms with Crippen LogP contribution in [0.5, 0.6) is 5.75 Å². The molecule has 19 N–H and O–H groups in total. The summed E-state index contributed by atoms with van der Waals surface area (Å²) in [5, 5.41) is 44.6. The molecular weight excluding hydrogens is 1100 g/mol. The number of primary amides is 1. The predicted octanol–water partition coefficient (Wildman–Crippen LogP) is -3.78. The number of aromatic nitrogens is 2. The number of likely N-dealkylation sites (tertiary alicyclic amines) is 1. The van der Waals surface area contributed by atoms with Gasteiger partial charge in [-0.2, -0.15) is 0 Å². The number of aliphatic hydroxyl groups excluding tert-OH is 1. The first-order valence-electron chi connectivity index (χ1n) is 27.9. The summed E-state index contributed by atoms with van der Waals surface area (Å²) in [6, 6.07) is 4.21. The van der Waals surface area contributed by atoms with E-state index >= 15 is 0 Å². The molecule has 458 valence electrons. The monoisotopic (exact) mass is 1180 g/mol. The minimum absolute atomic E-state index is 0.0174. The summed E-state index contributed by atoms with van der Waals surface area (Å²) in [6.45, 7) is 1.64. The van der Waals surface area contributed by atoms with Crippen LogP contribution < -0.4 is 65.1 Å². The van der Waals surface area contributed by atoms with E-state index in [9.17, 15) is 63.0 Å². The largest absolute Gasteiger partial charge is 0.508 e. The first kappa shape index (κ1) is 64.6. The second-order valence-electron chi connectivity index (χ2n) is 21.3. The van der Waals surface area contributed by atoms with Crippen molar-refractivity contribution in [2.75, 3.05) is 32.8 Å². The summed E-state index contributed by atoms with van der Waals surface area (Å²) >= 11 is 0. The van der Waals surface area contributed by atoms with Gasteiger partial charge in [-0.15, -0.1) is 0 Å². The number of amides is 11. The number of nitrogens with two attached hydrogens (primary N) is 3. The summed E-state index contributed by atoms with van der Waals surface area (Å²) in [5.41, 5.74) is 18.5. The lowest BCUT2D eigenvalue weighted by Gasteiger charge is -2.30. The van der Waals surface area contributed by atoms with E-state index in [0.717, 1.165) is 5.52 Å². The number of nitrogens with one attached hydrogen (secondary N) is 11. The maximum absolute atomic E-state index is 14.5. The number of aliphatic hydroxyl groups is 1. The molecule has 2 aromatic carbocycles. The van der Waals surface area contributed by atoms with Crippen LogP contribution in [0.25, 0.3) is 10.9 Å². The van der Waals surface area contributed by atoms with Gasteiger partial charge in [-0.3, -0.25) is 57.7 Å². The number of H-pyrrole nitrogens is 2. The Hall–Kier alpha value is -9.54. The molecule has 29 nitrogen and oxygen atoms in total. The topological polar surface area (TPSA) is 462 Å². The van der Waals surface area contributed by atoms with E-state index in [-0.39, 0.29) is 94.4 Å². The van der Waals surface area contributed by atoms with Gasteiger partial charge in [-0.05, 0) is 85.4 Å². The Balaban J connectivity index is 1.16. The first-order chi connectivity index (χ1) is 40.6. The van der Waals surface area contributed by atoms with Crippen molar-refractivity contribution >= 4 is 81.8 Å². The number of aromatic amines is 2. The molecule has 2 aliphatic heterocycles. The molecular formula is C56H76N16O13. The van der Waals surface area contributed by atoms with Crippen molar-refractivity contribution in [3.63, 3.8) is 0 Å². The van der Waals surface area contributed by atoms with Crippen LogP contribution in [0, 0.1) is 5.92 Å². The van der Waals surface area contributed by atoms with Crippen LogP contribution >= 0.6 is 0 Å². The number of aromatic hydroxyl groups is 1. The highest BCUT2D eigenvalue weighted by Gasteiger charge is 2.39. The maximum Gasteiger partial charge on any atom is 0.245 e. The minimum Gasteiger partial charge on any atom is -0.508 e. The third-order valence-electron chi connectivity index (χ3n) is 14.2. The molecule has 6 rings (SSSR count). The van der Waals surface area contributed by atoms with Crippen molar-refractivity contribution in [2.24, 2.45) is 28.1 Å². The third-order valence-corrected chi connectivity index (χ3v) is 14.2. The molecule has 2 aliphatic rings. The fourth-order valence-corrected chi connectivity index (χ4v) is 9.90. The number of aliphatic imine (C=N–C) groups is 1. The Morgan fingerprint density at radius 1 is 0.694 bits per heavy atom. The molecule has 0 spiro atoms. The van der Waals surface area contributed by atoms with E-state index < -0.39 is 127 Å². The second-order valence-corrected chi connectivity index (χ2v) is 21.3. The van der Waals surface area contributed by atoms with Crippen LogP contribution in [-0.4, -0.2) is 177 Å². The number of fused-ring (bicyclic) bond motifs is 1. The number of rotatable bonds is 31. The lowest BCUT2D eigenvalue weighted by molar-refractivity contribution is -0.142. The van der Waals surface area contributed by atoms with Gasteiger partial charge in [0.15, 0.2) is 5.96 Å². The van der Waals surface area contributed by atoms with Crippen LogP contribution in [0.2, 0.25) is 0 Å². The SMILES string of the molecule is CC(C)C[C@H](NC(=O)CNC(=O)[C@H](Cc1ccc(O)cc1)NC(=O)[C@H](CO)NC(=O)[C@H](Cc1c[nH]c2ccccc12)NC(=O)[C@@H](Cc1cc[nH]c1)NC(=O)[C@@H]1CCC(=O)N1)C(=O)N[C@@H](CCCN=C(N)N)C(=O)N1CCC[C@H]1C(=O)NCC(N)=O. The summed E-state index contributed by atoms with van der Waals surface area (Å²) in [5.74, 6) is -8.75. The van der Waals surface area contributed by atoms with Gasteiger partial charge in [-0.25, -0.2) is 0 Å². The van der Waals surface area contributed by atoms with Crippen molar-refractivity contribution in [2.45, 2.75) is 126 Å². The molecule has 8 atom stereocenters. The van der Waals surface area contributed by atoms with Gasteiger partial charge in [0.1, 0.15) is 54.1 Å². The molecule has 2 aromatic heterocycles. The average molecular weight is 1180 g/mol. The molecule has 2 fully saturated rings. The molecule has 2 saturated heterocycles. The summed E-state index contributed by atoms with van der Waals surface area (Å²) < 4.78 is 0. The van der Waals surface area contributed by atoms with Crippen molar-refractivity contribution in [3.05, 3.63) is 89.9 Å². The Morgan fingerprint density at radius 3 is 1.99 bits per heavy atom. The Bertz CT molecular complexity index is 3050. The number of guanidine groups is 1. The van der Waals surface area contributed by atoms with Gasteiger partial charge >= 0.3 is 0 Å². The van der Waals surface area contributed by atoms with Crippen molar-refractivity contribution in [3.8, 4) is 5.75 Å². The highest BCUT2D eigenvalue weighted by atomic mass is 16.3. The normalized spacial score (nSPS) is 16.8. The molecule has 4 heterocycles. The second kappa shape index (κ2) is 31.2. The number of carbonyl (C=O) groups is 11. The number of phenols is 1. The molecule has 85 heavy (non-hydrogen) atoms. The highest BCUT2D eigenvalue weighted by Crippen LogP contribution is 2.22. The molecule has 0 radical (unpaired) electrons. The molecule has 0 bridgehead atoms. The number of benzene rings is 2. The van der Waals surface area contributed by atoms with E-state index in [4.69, 9.17) is 17.2 Å². The number of nitrogens with zero attached hydrogens (tertiary/aromatic N) is 2. The smallest absolute Gasteiger partial charge is 0.245 e. The molecule has 0 unspecified atom stereocenters. The van der Waals surface area contributed by atoms with Crippen molar-refractivity contribution < 1.29 is 63.0 Å². The van der Waals surface area contributed by atoms with Crippen LogP contribution in [0.3, 0.4) is 0 Å². The Labute approximate surface area is 488 Å². The lowest BCUT2D eigenvalue weighted by atomic mass is 10.0. The van der Waals surface area contributed by atoms with E-state index in [0.29, 0.717) is 28.5 Å². The number of para-hydroxylation sites is 1. The Morgan fingerprint density at radius 2 is 1.34 bits per heavy atom. The summed E-state index contributed by atoms with van der Waals surface area (Å²) in [7, 11) is 0. The summed E-state index contributed by atoms with van der Waals surface area (Å²) in [6.07, 6.45) is 5.82. The number of carbonyl (C=O) groups excluding carboxylic acids is 11. The van der Waals surface area contributed by atoms with Crippen molar-refractivity contribution in [1.82, 2.24) is 62.7 Å². The van der Waals surface area contributed by atoms with Gasteiger partial charge in [0.05, 0.1) is 19.7 Å². The lowest BCUT2D eigenvalue weighted by Crippen LogP contribution is -2.60. The molecule has 29 heteroatoms. The van der Waals surface area contributed by atoms with Crippen LogP contribution in [0.1, 0.15) is 75.5 Å². The molecule has 0 saturated carbocycles. The zero-order chi connectivity index (χ0) is 61.7. The highest BCUT2D eigenvalue weighted by molar-refractivity contribution is 5.99. The quantitative estimate of drug-likeness (QED) is 0.0131.